The van der Waals surface area contributed by atoms with Gasteiger partial charge in [0.05, 0.1) is 23.3 Å². The number of aromatic nitrogens is 1. The number of urea groups is 1. The number of aromatic carboxylic acids is 1. The molecule has 1 aromatic heterocycles. The van der Waals surface area contributed by atoms with Crippen LogP contribution in [0.1, 0.15) is 21.6 Å². The van der Waals surface area contributed by atoms with E-state index >= 15 is 0 Å². The van der Waals surface area contributed by atoms with Crippen molar-refractivity contribution < 1.29 is 14.7 Å². The molecule has 6 nitrogen and oxygen atoms in total. The number of hydrogen-bond donors (Lipinski definition) is 2. The van der Waals surface area contributed by atoms with Crippen LogP contribution in [-0.2, 0) is 13.0 Å². The lowest BCUT2D eigenvalue weighted by Gasteiger charge is -2.18. The third kappa shape index (κ3) is 2.73. The number of thiazole rings is 1. The number of benzene rings is 1. The highest BCUT2D eigenvalue weighted by atomic mass is 32.1. The molecule has 2 aromatic rings. The molecule has 1 aliphatic rings. The maximum absolute atomic E-state index is 12.2. The number of fused-ring (bicyclic) bond motifs is 1. The number of amides is 2. The minimum atomic E-state index is -0.993. The number of anilines is 1. The van der Waals surface area contributed by atoms with Crippen molar-refractivity contribution in [3.05, 3.63) is 45.9 Å². The number of carbonyl (C=O) groups excluding carboxylic acids is 1. The number of hydrogen-bond acceptors (Lipinski definition) is 4. The van der Waals surface area contributed by atoms with E-state index in [1.54, 1.807) is 28.6 Å². The van der Waals surface area contributed by atoms with E-state index < -0.39 is 5.97 Å². The average molecular weight is 303 g/mol. The molecule has 0 aliphatic carbocycles. The van der Waals surface area contributed by atoms with E-state index in [2.05, 4.69) is 10.3 Å². The van der Waals surface area contributed by atoms with E-state index in [0.29, 0.717) is 18.8 Å². The van der Waals surface area contributed by atoms with Crippen LogP contribution in [0.5, 0.6) is 0 Å². The van der Waals surface area contributed by atoms with E-state index in [0.717, 1.165) is 17.7 Å². The summed E-state index contributed by atoms with van der Waals surface area (Å²) >= 11 is 1.48. The molecule has 2 N–H and O–H groups in total. The fourth-order valence-corrected chi connectivity index (χ4v) is 2.87. The molecule has 0 saturated carbocycles. The first-order valence-corrected chi connectivity index (χ1v) is 7.38. The monoisotopic (exact) mass is 303 g/mol. The standard InChI is InChI=1S/C14H13N3O3S/c18-13(19)10-2-1-9-3-4-17(12(9)5-10)14(20)15-6-11-7-21-8-16-11/h1-2,5,7-8H,3-4,6H2,(H,15,20)(H,18,19). The summed E-state index contributed by atoms with van der Waals surface area (Å²) in [7, 11) is 0. The van der Waals surface area contributed by atoms with Crippen LogP contribution in [0, 0.1) is 0 Å². The van der Waals surface area contributed by atoms with Gasteiger partial charge in [0.25, 0.3) is 0 Å². The second-order valence-corrected chi connectivity index (χ2v) is 5.41. The van der Waals surface area contributed by atoms with Crippen molar-refractivity contribution in [3.63, 3.8) is 0 Å². The van der Waals surface area contributed by atoms with Crippen molar-refractivity contribution >= 4 is 29.0 Å². The number of carboxylic acid groups (broad SMARTS) is 1. The van der Waals surface area contributed by atoms with Crippen molar-refractivity contribution in [3.8, 4) is 0 Å². The van der Waals surface area contributed by atoms with Crippen LogP contribution in [0.25, 0.3) is 0 Å². The molecule has 7 heteroatoms. The summed E-state index contributed by atoms with van der Waals surface area (Å²) in [6.07, 6.45) is 0.735. The summed E-state index contributed by atoms with van der Waals surface area (Å²) in [5, 5.41) is 13.7. The van der Waals surface area contributed by atoms with Crippen LogP contribution in [0.15, 0.2) is 29.1 Å². The molecule has 0 spiro atoms. The van der Waals surface area contributed by atoms with Gasteiger partial charge in [-0.05, 0) is 24.1 Å². The molecule has 2 amide bonds. The Hall–Kier alpha value is -2.41. The summed E-state index contributed by atoms with van der Waals surface area (Å²) in [5.74, 6) is -0.993. The molecule has 0 bridgehead atoms. The molecule has 1 aromatic carbocycles. The zero-order chi connectivity index (χ0) is 14.8. The first-order chi connectivity index (χ1) is 10.1. The largest absolute Gasteiger partial charge is 0.478 e. The van der Waals surface area contributed by atoms with Gasteiger partial charge in [0.15, 0.2) is 0 Å². The van der Waals surface area contributed by atoms with E-state index in [4.69, 9.17) is 5.11 Å². The van der Waals surface area contributed by atoms with Gasteiger partial charge < -0.3 is 10.4 Å². The summed E-state index contributed by atoms with van der Waals surface area (Å²) < 4.78 is 0. The summed E-state index contributed by atoms with van der Waals surface area (Å²) in [6, 6.07) is 4.65. The first kappa shape index (κ1) is 13.6. The lowest BCUT2D eigenvalue weighted by atomic mass is 10.1. The second-order valence-electron chi connectivity index (χ2n) is 4.69. The van der Waals surface area contributed by atoms with E-state index in [1.807, 2.05) is 5.38 Å². The van der Waals surface area contributed by atoms with Crippen LogP contribution in [0.3, 0.4) is 0 Å². The Kier molecular flexibility index (Phi) is 3.57. The van der Waals surface area contributed by atoms with Crippen molar-refractivity contribution in [1.29, 1.82) is 0 Å². The topological polar surface area (TPSA) is 82.5 Å². The molecule has 0 atom stereocenters. The number of carboxylic acids is 1. The molecular weight excluding hydrogens is 290 g/mol. The van der Waals surface area contributed by atoms with E-state index in [1.165, 1.54) is 11.3 Å². The molecule has 0 fully saturated rings. The fourth-order valence-electron chi connectivity index (χ4n) is 2.31. The summed E-state index contributed by atoms with van der Waals surface area (Å²) in [5.41, 5.74) is 4.38. The van der Waals surface area contributed by atoms with Gasteiger partial charge in [0, 0.05) is 17.6 Å². The molecule has 1 aliphatic heterocycles. The van der Waals surface area contributed by atoms with Crippen LogP contribution >= 0.6 is 11.3 Å². The molecule has 2 heterocycles. The van der Waals surface area contributed by atoms with Gasteiger partial charge in [0.1, 0.15) is 0 Å². The van der Waals surface area contributed by atoms with Crippen LogP contribution in [0.4, 0.5) is 10.5 Å². The molecule has 0 saturated heterocycles. The van der Waals surface area contributed by atoms with Crippen molar-refractivity contribution in [2.45, 2.75) is 13.0 Å². The Bertz CT molecular complexity index is 685. The number of rotatable bonds is 3. The van der Waals surface area contributed by atoms with Gasteiger partial charge in [-0.2, -0.15) is 0 Å². The van der Waals surface area contributed by atoms with Crippen LogP contribution in [-0.4, -0.2) is 28.6 Å². The Balaban J connectivity index is 1.75. The minimum absolute atomic E-state index is 0.188. The van der Waals surface area contributed by atoms with Gasteiger partial charge in [-0.3, -0.25) is 4.90 Å². The van der Waals surface area contributed by atoms with Gasteiger partial charge in [-0.25, -0.2) is 14.6 Å². The molecule has 21 heavy (non-hydrogen) atoms. The Morgan fingerprint density at radius 1 is 1.43 bits per heavy atom. The maximum atomic E-state index is 12.2. The summed E-state index contributed by atoms with van der Waals surface area (Å²) in [4.78, 5) is 28.9. The molecule has 108 valence electrons. The molecule has 0 radical (unpaired) electrons. The third-order valence-corrected chi connectivity index (χ3v) is 4.01. The zero-order valence-corrected chi connectivity index (χ0v) is 11.9. The van der Waals surface area contributed by atoms with Crippen LogP contribution < -0.4 is 10.2 Å². The van der Waals surface area contributed by atoms with Crippen LogP contribution in [0.2, 0.25) is 0 Å². The third-order valence-electron chi connectivity index (χ3n) is 3.38. The summed E-state index contributed by atoms with van der Waals surface area (Å²) in [6.45, 7) is 0.925. The van der Waals surface area contributed by atoms with Gasteiger partial charge in [0.2, 0.25) is 0 Å². The Labute approximate surface area is 125 Å². The maximum Gasteiger partial charge on any atom is 0.335 e. The number of nitrogens with zero attached hydrogens (tertiary/aromatic N) is 2. The lowest BCUT2D eigenvalue weighted by Crippen LogP contribution is -2.38. The van der Waals surface area contributed by atoms with Crippen molar-refractivity contribution in [1.82, 2.24) is 10.3 Å². The second kappa shape index (κ2) is 5.53. The highest BCUT2D eigenvalue weighted by Gasteiger charge is 2.25. The number of carbonyl (C=O) groups is 2. The highest BCUT2D eigenvalue weighted by molar-refractivity contribution is 7.07. The normalized spacial score (nSPS) is 13.0. The van der Waals surface area contributed by atoms with Gasteiger partial charge >= 0.3 is 12.0 Å². The SMILES string of the molecule is O=C(O)c1ccc2c(c1)N(C(=O)NCc1cscn1)CC2. The smallest absolute Gasteiger partial charge is 0.335 e. The Morgan fingerprint density at radius 3 is 3.00 bits per heavy atom. The Morgan fingerprint density at radius 2 is 2.29 bits per heavy atom. The predicted octanol–water partition coefficient (Wildman–Crippen LogP) is 2.11. The predicted molar refractivity (Wildman–Crippen MR) is 78.8 cm³/mol. The van der Waals surface area contributed by atoms with Crippen molar-refractivity contribution in [2.24, 2.45) is 0 Å². The highest BCUT2D eigenvalue weighted by Crippen LogP contribution is 2.29. The molecular formula is C14H13N3O3S. The fraction of sp³-hybridized carbons (Fsp3) is 0.214. The van der Waals surface area contributed by atoms with E-state index in [9.17, 15) is 9.59 Å². The first-order valence-electron chi connectivity index (χ1n) is 6.44. The average Bonchev–Trinajstić information content (AvgIpc) is 3.13. The lowest BCUT2D eigenvalue weighted by molar-refractivity contribution is 0.0697. The minimum Gasteiger partial charge on any atom is -0.478 e. The molecule has 0 unspecified atom stereocenters. The van der Waals surface area contributed by atoms with E-state index in [-0.39, 0.29) is 11.6 Å². The quantitative estimate of drug-likeness (QED) is 0.910. The molecule has 3 rings (SSSR count). The van der Waals surface area contributed by atoms with Gasteiger partial charge in [-0.1, -0.05) is 6.07 Å². The number of nitrogens with one attached hydrogen (secondary N) is 1. The van der Waals surface area contributed by atoms with Gasteiger partial charge in [-0.15, -0.1) is 11.3 Å². The van der Waals surface area contributed by atoms with Crippen molar-refractivity contribution in [2.75, 3.05) is 11.4 Å². The zero-order valence-electron chi connectivity index (χ0n) is 11.1.